The number of alkyl carbamates (subject to hydrolysis) is 1. The fourth-order valence-corrected chi connectivity index (χ4v) is 9.87. The number of pyridine rings is 1. The number of halogens is 3. The molecular weight excluding hydrogens is 808 g/mol. The monoisotopic (exact) mass is 861 g/mol. The van der Waals surface area contributed by atoms with Gasteiger partial charge in [-0.05, 0) is 95.4 Å². The molecule has 7 atom stereocenters. The van der Waals surface area contributed by atoms with Crippen molar-refractivity contribution in [2.75, 3.05) is 13.2 Å². The van der Waals surface area contributed by atoms with Gasteiger partial charge >= 0.3 is 12.3 Å². The topological polar surface area (TPSA) is 182 Å². The maximum Gasteiger partial charge on any atom is 0.427 e. The summed E-state index contributed by atoms with van der Waals surface area (Å²) in [6, 6.07) is 4.76. The van der Waals surface area contributed by atoms with Gasteiger partial charge in [-0.2, -0.15) is 18.2 Å². The molecule has 328 valence electrons. The number of fused-ring (bicyclic) bond motifs is 5. The van der Waals surface area contributed by atoms with E-state index in [4.69, 9.17) is 19.2 Å². The van der Waals surface area contributed by atoms with E-state index in [1.54, 1.807) is 19.9 Å². The first-order chi connectivity index (χ1) is 28.2. The number of aryl methyl sites for hydroxylation is 1. The van der Waals surface area contributed by atoms with E-state index in [9.17, 15) is 40.8 Å². The van der Waals surface area contributed by atoms with E-state index in [-0.39, 0.29) is 31.2 Å². The quantitative estimate of drug-likeness (QED) is 0.282. The predicted molar refractivity (Wildman–Crippen MR) is 213 cm³/mol. The number of allylic oxidation sites excluding steroid dienone is 1. The van der Waals surface area contributed by atoms with Crippen molar-refractivity contribution in [3.63, 3.8) is 0 Å². The maximum absolute atomic E-state index is 15.0. The summed E-state index contributed by atoms with van der Waals surface area (Å²) in [6.07, 6.45) is 0.674. The molecule has 1 aromatic carbocycles. The number of ether oxygens (including phenoxy) is 3. The molecule has 0 bridgehead atoms. The lowest BCUT2D eigenvalue weighted by molar-refractivity contribution is -0.244. The highest BCUT2D eigenvalue weighted by atomic mass is 32.2. The predicted octanol–water partition coefficient (Wildman–Crippen LogP) is 5.62. The van der Waals surface area contributed by atoms with Gasteiger partial charge in [0.05, 0.1) is 17.9 Å². The summed E-state index contributed by atoms with van der Waals surface area (Å²) in [7, 11) is -4.08. The lowest BCUT2D eigenvalue weighted by Gasteiger charge is -2.35. The van der Waals surface area contributed by atoms with Gasteiger partial charge in [0, 0.05) is 23.3 Å². The van der Waals surface area contributed by atoms with Crippen LogP contribution in [0.1, 0.15) is 98.0 Å². The number of amides is 4. The minimum absolute atomic E-state index is 0.0306. The lowest BCUT2D eigenvalue weighted by atomic mass is 9.85. The van der Waals surface area contributed by atoms with Crippen LogP contribution in [-0.4, -0.2) is 95.5 Å². The molecule has 1 aromatic heterocycles. The number of sulfonamides is 1. The van der Waals surface area contributed by atoms with Gasteiger partial charge in [-0.25, -0.2) is 13.2 Å². The number of carbonyl (C=O) groups is 4. The third-order valence-corrected chi connectivity index (χ3v) is 15.1. The first-order valence-corrected chi connectivity index (χ1v) is 22.3. The van der Waals surface area contributed by atoms with Gasteiger partial charge in [0.25, 0.3) is 5.91 Å². The Balaban J connectivity index is 1.25. The van der Waals surface area contributed by atoms with Gasteiger partial charge in [-0.3, -0.25) is 19.1 Å². The molecule has 4 amide bonds. The molecule has 0 unspecified atom stereocenters. The van der Waals surface area contributed by atoms with Crippen molar-refractivity contribution in [2.45, 2.75) is 139 Å². The van der Waals surface area contributed by atoms with Crippen molar-refractivity contribution >= 4 is 44.6 Å². The largest absolute Gasteiger partial charge is 0.477 e. The summed E-state index contributed by atoms with van der Waals surface area (Å²) in [5.74, 6) is -2.94. The summed E-state index contributed by atoms with van der Waals surface area (Å²) < 4.78 is 86.4. The van der Waals surface area contributed by atoms with E-state index in [0.29, 0.717) is 70.2 Å². The average Bonchev–Trinajstić information content (AvgIpc) is 4.07. The van der Waals surface area contributed by atoms with Crippen LogP contribution < -0.4 is 24.8 Å². The van der Waals surface area contributed by atoms with Crippen LogP contribution in [0.5, 0.6) is 11.8 Å². The van der Waals surface area contributed by atoms with Crippen LogP contribution in [0.3, 0.4) is 0 Å². The standard InChI is InChI=1S/C42H54F3N5O9S/c1-6-25-20-24(2)12-7-8-13-26-22-41(26,37(53)49-60(55,56)40(5)17-18-40)48-33(51)31-21-27(23-50(31)36(52)32(25)46-38(54)59-39(3,4)42(43,44)45)58-35-30-15-10-9-14-28(30)29-16-11-19-57-34(29)47-35/h8-10,13-15,24-27,31-32H,6-7,11-12,16-23H2,1-5H3,(H,46,54)(H,48,51)(H,49,53)/b13-8-/t24-,25-,26-,27-,31+,32+,41-/m1/s1. The average molecular weight is 862 g/mol. The minimum atomic E-state index is -4.91. The van der Waals surface area contributed by atoms with Crippen molar-refractivity contribution in [1.82, 2.24) is 25.2 Å². The third-order valence-electron chi connectivity index (χ3n) is 12.9. The van der Waals surface area contributed by atoms with Gasteiger partial charge in [-0.15, -0.1) is 0 Å². The van der Waals surface area contributed by atoms with Crippen LogP contribution >= 0.6 is 0 Å². The first kappa shape index (κ1) is 43.5. The van der Waals surface area contributed by atoms with E-state index in [1.165, 1.54) is 4.90 Å². The highest BCUT2D eigenvalue weighted by Crippen LogP contribution is 2.48. The Morgan fingerprint density at radius 1 is 1.12 bits per heavy atom. The second-order valence-electron chi connectivity index (χ2n) is 17.9. The molecule has 60 heavy (non-hydrogen) atoms. The number of carbonyl (C=O) groups excluding carboxylic acids is 4. The molecule has 7 rings (SSSR count). The Kier molecular flexibility index (Phi) is 11.6. The van der Waals surface area contributed by atoms with Crippen LogP contribution in [-0.2, 0) is 35.6 Å². The summed E-state index contributed by atoms with van der Waals surface area (Å²) in [4.78, 5) is 62.9. The zero-order chi connectivity index (χ0) is 43.4. The van der Waals surface area contributed by atoms with Gasteiger partial charge in [-0.1, -0.05) is 50.6 Å². The fraction of sp³-hybridized carbons (Fsp3) is 0.643. The van der Waals surface area contributed by atoms with Crippen LogP contribution in [0.25, 0.3) is 10.8 Å². The molecule has 3 fully saturated rings. The molecule has 18 heteroatoms. The molecule has 3 N–H and O–H groups in total. The van der Waals surface area contributed by atoms with E-state index in [0.717, 1.165) is 23.8 Å². The maximum atomic E-state index is 15.0. The van der Waals surface area contributed by atoms with Gasteiger partial charge < -0.3 is 29.7 Å². The molecular formula is C42H54F3N5O9S. The molecule has 5 aliphatic rings. The Bertz CT molecular complexity index is 2180. The summed E-state index contributed by atoms with van der Waals surface area (Å²) in [5, 5.41) is 6.84. The van der Waals surface area contributed by atoms with Crippen molar-refractivity contribution in [2.24, 2.45) is 17.8 Å². The molecule has 4 heterocycles. The zero-order valence-corrected chi connectivity index (χ0v) is 35.3. The second kappa shape index (κ2) is 16.0. The van der Waals surface area contributed by atoms with Crippen molar-refractivity contribution in [3.8, 4) is 11.8 Å². The zero-order valence-electron chi connectivity index (χ0n) is 34.5. The Hall–Kier alpha value is -4.61. The van der Waals surface area contributed by atoms with Crippen molar-refractivity contribution in [1.29, 1.82) is 0 Å². The summed E-state index contributed by atoms with van der Waals surface area (Å²) in [5.41, 5.74) is -3.60. The number of nitrogens with zero attached hydrogens (tertiary/aromatic N) is 2. The molecule has 2 aliphatic carbocycles. The normalized spacial score (nSPS) is 29.9. The van der Waals surface area contributed by atoms with Crippen LogP contribution in [0.4, 0.5) is 18.0 Å². The Labute approximate surface area is 347 Å². The fourth-order valence-electron chi connectivity index (χ4n) is 8.56. The number of hydrogen-bond acceptors (Lipinski definition) is 10. The van der Waals surface area contributed by atoms with Crippen molar-refractivity contribution < 1.29 is 55.0 Å². The molecule has 3 aliphatic heterocycles. The van der Waals surface area contributed by atoms with E-state index in [1.807, 2.05) is 37.3 Å². The molecule has 1 saturated heterocycles. The minimum Gasteiger partial charge on any atom is -0.477 e. The van der Waals surface area contributed by atoms with Gasteiger partial charge in [0.1, 0.15) is 23.7 Å². The molecule has 2 aromatic rings. The second-order valence-corrected chi connectivity index (χ2v) is 20.1. The number of rotatable bonds is 8. The smallest absolute Gasteiger partial charge is 0.427 e. The molecule has 0 radical (unpaired) electrons. The Morgan fingerprint density at radius 3 is 2.52 bits per heavy atom. The van der Waals surface area contributed by atoms with E-state index in [2.05, 4.69) is 15.4 Å². The third kappa shape index (κ3) is 8.49. The Morgan fingerprint density at radius 2 is 1.83 bits per heavy atom. The van der Waals surface area contributed by atoms with Crippen LogP contribution in [0, 0.1) is 17.8 Å². The van der Waals surface area contributed by atoms with Gasteiger partial charge in [0.2, 0.25) is 39.2 Å². The van der Waals surface area contributed by atoms with Crippen molar-refractivity contribution in [3.05, 3.63) is 42.0 Å². The van der Waals surface area contributed by atoms with Crippen LogP contribution in [0.15, 0.2) is 36.4 Å². The summed E-state index contributed by atoms with van der Waals surface area (Å²) >= 11 is 0. The number of nitrogens with one attached hydrogen (secondary N) is 3. The lowest BCUT2D eigenvalue weighted by Crippen LogP contribution is -2.60. The molecule has 14 nitrogen and oxygen atoms in total. The number of hydrogen-bond donors (Lipinski definition) is 3. The molecule has 0 spiro atoms. The number of alkyl halides is 3. The SMILES string of the molecule is CC[C@@H]1C[C@H](C)CC/C=C\[C@@H]2C[C@@]2(C(=O)NS(=O)(=O)C2(C)CC2)NC(=O)[C@@H]2C[C@@H](Oc3nc4c(c5ccccc35)CCCO4)CN2C(=O)[C@H]1NC(=O)OC(C)(C)C(F)(F)F. The number of benzene rings is 1. The molecule has 2 saturated carbocycles. The first-order valence-electron chi connectivity index (χ1n) is 20.8. The highest BCUT2D eigenvalue weighted by Gasteiger charge is 2.63. The highest BCUT2D eigenvalue weighted by molar-refractivity contribution is 7.91. The van der Waals surface area contributed by atoms with E-state index >= 15 is 0 Å². The van der Waals surface area contributed by atoms with E-state index < -0.39 is 85.9 Å². The van der Waals surface area contributed by atoms with Gasteiger partial charge in [0.15, 0.2) is 0 Å². The van der Waals surface area contributed by atoms with Crippen LogP contribution in [0.2, 0.25) is 0 Å². The summed E-state index contributed by atoms with van der Waals surface area (Å²) in [6.45, 7) is 6.99. The number of aromatic nitrogens is 1.